The highest BCUT2D eigenvalue weighted by atomic mass is 35.5. The van der Waals surface area contributed by atoms with Crippen molar-refractivity contribution in [1.29, 1.82) is 5.26 Å². The van der Waals surface area contributed by atoms with Gasteiger partial charge in [0.1, 0.15) is 6.42 Å². The van der Waals surface area contributed by atoms with Crippen LogP contribution in [0, 0.1) is 11.3 Å². The minimum atomic E-state index is -0.437. The van der Waals surface area contributed by atoms with Crippen molar-refractivity contribution >= 4 is 29.4 Å². The van der Waals surface area contributed by atoms with E-state index in [0.717, 1.165) is 5.56 Å². The molecule has 0 bridgehead atoms. The molecule has 1 fully saturated rings. The van der Waals surface area contributed by atoms with Gasteiger partial charge in [-0.1, -0.05) is 18.2 Å². The van der Waals surface area contributed by atoms with Crippen molar-refractivity contribution in [3.63, 3.8) is 0 Å². The second-order valence-electron chi connectivity index (χ2n) is 6.50. The van der Waals surface area contributed by atoms with Crippen LogP contribution < -0.4 is 5.73 Å². The zero-order valence-corrected chi connectivity index (χ0v) is 16.3. The summed E-state index contributed by atoms with van der Waals surface area (Å²) in [6, 6.07) is 8.51. The Bertz CT molecular complexity index is 1000. The summed E-state index contributed by atoms with van der Waals surface area (Å²) in [5, 5.41) is 9.29. The van der Waals surface area contributed by atoms with Crippen molar-refractivity contribution in [2.45, 2.75) is 12.5 Å². The van der Waals surface area contributed by atoms with Gasteiger partial charge in [0.2, 0.25) is 17.8 Å². The molecular formula is C20H19ClN6O2. The third-order valence-corrected chi connectivity index (χ3v) is 4.91. The van der Waals surface area contributed by atoms with E-state index in [-0.39, 0.29) is 30.7 Å². The summed E-state index contributed by atoms with van der Waals surface area (Å²) in [6.07, 6.45) is 2.59. The number of piperazine rings is 1. The number of hydrogen-bond donors (Lipinski definition) is 1. The first kappa shape index (κ1) is 20.3. The van der Waals surface area contributed by atoms with E-state index in [2.05, 4.69) is 16.5 Å². The molecule has 1 aliphatic rings. The van der Waals surface area contributed by atoms with Gasteiger partial charge in [-0.2, -0.15) is 5.26 Å². The predicted molar refractivity (Wildman–Crippen MR) is 108 cm³/mol. The topological polar surface area (TPSA) is 116 Å². The largest absolute Gasteiger partial charge is 0.368 e. The van der Waals surface area contributed by atoms with Crippen LogP contribution in [0.5, 0.6) is 0 Å². The van der Waals surface area contributed by atoms with Gasteiger partial charge < -0.3 is 15.5 Å². The third kappa shape index (κ3) is 4.52. The van der Waals surface area contributed by atoms with Gasteiger partial charge in [0, 0.05) is 36.4 Å². The summed E-state index contributed by atoms with van der Waals surface area (Å²) in [7, 11) is 0. The molecule has 0 radical (unpaired) electrons. The average molecular weight is 411 g/mol. The number of hydrogen-bond acceptors (Lipinski definition) is 6. The van der Waals surface area contributed by atoms with Crippen molar-refractivity contribution in [3.05, 3.63) is 53.7 Å². The fourth-order valence-corrected chi connectivity index (χ4v) is 3.59. The molecule has 8 nitrogen and oxygen atoms in total. The van der Waals surface area contributed by atoms with Crippen LogP contribution in [-0.2, 0) is 9.59 Å². The Balaban J connectivity index is 2.01. The third-order valence-electron chi connectivity index (χ3n) is 4.70. The molecule has 2 heterocycles. The Morgan fingerprint density at radius 1 is 1.38 bits per heavy atom. The van der Waals surface area contributed by atoms with Crippen LogP contribution in [-0.4, -0.2) is 51.2 Å². The number of nitrogens with zero attached hydrogens (tertiary/aromatic N) is 5. The Hall–Kier alpha value is -3.44. The quantitative estimate of drug-likeness (QED) is 0.772. The maximum absolute atomic E-state index is 12.4. The van der Waals surface area contributed by atoms with Gasteiger partial charge in [-0.25, -0.2) is 9.97 Å². The standard InChI is InChI=1S/C20H19ClN6O2/c1-2-18(28)27-8-7-26(19(29)3-5-22)12-17(27)14-9-13(10-15(21)11-14)16-4-6-24-20(23)25-16/h2,4,6,9-11,17H,1,3,7-8,12H2,(H2,23,24,25)/t17-/m0/s1. The van der Waals surface area contributed by atoms with E-state index in [1.165, 1.54) is 6.08 Å². The zero-order chi connectivity index (χ0) is 21.0. The molecule has 2 aromatic rings. The molecule has 1 aliphatic heterocycles. The van der Waals surface area contributed by atoms with Gasteiger partial charge >= 0.3 is 0 Å². The van der Waals surface area contributed by atoms with E-state index in [1.807, 2.05) is 12.1 Å². The number of nitriles is 1. The lowest BCUT2D eigenvalue weighted by Crippen LogP contribution is -2.52. The molecule has 2 N–H and O–H groups in total. The molecule has 0 unspecified atom stereocenters. The molecule has 1 atom stereocenters. The second-order valence-corrected chi connectivity index (χ2v) is 6.94. The second kappa shape index (κ2) is 8.71. The number of nitrogen functional groups attached to an aromatic ring is 1. The first-order valence-corrected chi connectivity index (χ1v) is 9.28. The number of halogens is 1. The van der Waals surface area contributed by atoms with Crippen LogP contribution in [0.3, 0.4) is 0 Å². The Morgan fingerprint density at radius 3 is 2.86 bits per heavy atom. The highest BCUT2D eigenvalue weighted by Crippen LogP contribution is 2.32. The Morgan fingerprint density at radius 2 is 2.17 bits per heavy atom. The van der Waals surface area contributed by atoms with Gasteiger partial charge in [-0.15, -0.1) is 0 Å². The van der Waals surface area contributed by atoms with Gasteiger partial charge in [0.15, 0.2) is 0 Å². The monoisotopic (exact) mass is 410 g/mol. The molecule has 1 aromatic heterocycles. The van der Waals surface area contributed by atoms with Crippen LogP contribution >= 0.6 is 11.6 Å². The predicted octanol–water partition coefficient (Wildman–Crippen LogP) is 2.19. The average Bonchev–Trinajstić information content (AvgIpc) is 2.72. The molecule has 3 rings (SSSR count). The number of rotatable bonds is 4. The van der Waals surface area contributed by atoms with E-state index in [9.17, 15) is 9.59 Å². The highest BCUT2D eigenvalue weighted by molar-refractivity contribution is 6.31. The van der Waals surface area contributed by atoms with Gasteiger partial charge in [-0.3, -0.25) is 9.59 Å². The number of nitrogens with two attached hydrogens (primary N) is 1. The lowest BCUT2D eigenvalue weighted by molar-refractivity contribution is -0.139. The molecule has 29 heavy (non-hydrogen) atoms. The summed E-state index contributed by atoms with van der Waals surface area (Å²) in [5.41, 5.74) is 7.74. The zero-order valence-electron chi connectivity index (χ0n) is 15.6. The number of amides is 2. The normalized spacial score (nSPS) is 16.2. The molecular weight excluding hydrogens is 392 g/mol. The minimum Gasteiger partial charge on any atom is -0.368 e. The molecule has 148 valence electrons. The van der Waals surface area contributed by atoms with Crippen LogP contribution in [0.15, 0.2) is 43.1 Å². The maximum Gasteiger partial charge on any atom is 0.246 e. The van der Waals surface area contributed by atoms with Crippen LogP contribution in [0.25, 0.3) is 11.3 Å². The molecule has 1 saturated heterocycles. The summed E-state index contributed by atoms with van der Waals surface area (Å²) >= 11 is 6.35. The maximum atomic E-state index is 12.4. The van der Waals surface area contributed by atoms with Crippen LogP contribution in [0.4, 0.5) is 5.95 Å². The van der Waals surface area contributed by atoms with E-state index in [0.29, 0.717) is 29.4 Å². The number of benzene rings is 1. The number of carbonyl (C=O) groups excluding carboxylic acids is 2. The van der Waals surface area contributed by atoms with E-state index in [4.69, 9.17) is 22.6 Å². The van der Waals surface area contributed by atoms with Gasteiger partial charge in [-0.05, 0) is 35.9 Å². The van der Waals surface area contributed by atoms with Crippen molar-refractivity contribution in [1.82, 2.24) is 19.8 Å². The molecule has 0 saturated carbocycles. The van der Waals surface area contributed by atoms with Crippen molar-refractivity contribution in [2.24, 2.45) is 0 Å². The first-order chi connectivity index (χ1) is 13.9. The fraction of sp³-hybridized carbons (Fsp3) is 0.250. The van der Waals surface area contributed by atoms with Crippen LogP contribution in [0.1, 0.15) is 18.0 Å². The number of anilines is 1. The molecule has 9 heteroatoms. The van der Waals surface area contributed by atoms with Crippen molar-refractivity contribution in [3.8, 4) is 17.3 Å². The minimum absolute atomic E-state index is 0.137. The number of aromatic nitrogens is 2. The molecule has 2 amide bonds. The lowest BCUT2D eigenvalue weighted by Gasteiger charge is -2.41. The number of carbonyl (C=O) groups is 2. The van der Waals surface area contributed by atoms with Crippen molar-refractivity contribution < 1.29 is 9.59 Å². The lowest BCUT2D eigenvalue weighted by atomic mass is 9.98. The van der Waals surface area contributed by atoms with Crippen LogP contribution in [0.2, 0.25) is 5.02 Å². The van der Waals surface area contributed by atoms with Crippen molar-refractivity contribution in [2.75, 3.05) is 25.4 Å². The SMILES string of the molecule is C=CC(=O)N1CCN(C(=O)CC#N)C[C@H]1c1cc(Cl)cc(-c2ccnc(N)n2)c1. The summed E-state index contributed by atoms with van der Waals surface area (Å²) in [5.74, 6) is -0.373. The van der Waals surface area contributed by atoms with Gasteiger partial charge in [0.05, 0.1) is 17.8 Å². The summed E-state index contributed by atoms with van der Waals surface area (Å²) in [6.45, 7) is 4.51. The molecule has 1 aromatic carbocycles. The Labute approximate surface area is 173 Å². The summed E-state index contributed by atoms with van der Waals surface area (Å²) < 4.78 is 0. The fourth-order valence-electron chi connectivity index (χ4n) is 3.34. The Kier molecular flexibility index (Phi) is 6.10. The summed E-state index contributed by atoms with van der Waals surface area (Å²) in [4.78, 5) is 36.0. The van der Waals surface area contributed by atoms with E-state index in [1.54, 1.807) is 34.2 Å². The van der Waals surface area contributed by atoms with E-state index < -0.39 is 6.04 Å². The molecule has 0 aliphatic carbocycles. The first-order valence-electron chi connectivity index (χ1n) is 8.90. The van der Waals surface area contributed by atoms with Gasteiger partial charge in [0.25, 0.3) is 0 Å². The molecule has 0 spiro atoms. The van der Waals surface area contributed by atoms with E-state index >= 15 is 0 Å². The highest BCUT2D eigenvalue weighted by Gasteiger charge is 2.33. The smallest absolute Gasteiger partial charge is 0.246 e.